The largest absolute Gasteiger partial charge is 0.394 e. The van der Waals surface area contributed by atoms with Crippen molar-refractivity contribution in [3.63, 3.8) is 0 Å². The number of nitrogens with zero attached hydrogens (tertiary/aromatic N) is 3. The summed E-state index contributed by atoms with van der Waals surface area (Å²) in [5.41, 5.74) is 5.83. The van der Waals surface area contributed by atoms with Gasteiger partial charge in [0.15, 0.2) is 11.9 Å². The van der Waals surface area contributed by atoms with E-state index in [-0.39, 0.29) is 21.8 Å². The summed E-state index contributed by atoms with van der Waals surface area (Å²) in [6.07, 6.45) is -2.92. The number of nitrogens with two attached hydrogens (primary N) is 1. The van der Waals surface area contributed by atoms with Gasteiger partial charge in [-0.1, -0.05) is 23.2 Å². The van der Waals surface area contributed by atoms with E-state index in [4.69, 9.17) is 38.8 Å². The van der Waals surface area contributed by atoms with Crippen molar-refractivity contribution < 1.29 is 20.1 Å². The molecule has 0 saturated carbocycles. The Hall–Kier alpha value is -1.16. The van der Waals surface area contributed by atoms with Crippen molar-refractivity contribution >= 4 is 40.2 Å². The van der Waals surface area contributed by atoms with Crippen LogP contribution in [0.15, 0.2) is 6.20 Å². The van der Waals surface area contributed by atoms with Gasteiger partial charge >= 0.3 is 0 Å². The minimum atomic E-state index is -1.26. The number of hydrogen-bond donors (Lipinski definition) is 4. The highest BCUT2D eigenvalue weighted by Gasteiger charge is 2.44. The minimum absolute atomic E-state index is 0.0599. The molecule has 0 aliphatic carbocycles. The summed E-state index contributed by atoms with van der Waals surface area (Å²) in [5, 5.41) is 29.7. The minimum Gasteiger partial charge on any atom is -0.394 e. The number of halogens is 2. The van der Waals surface area contributed by atoms with Crippen LogP contribution in [-0.2, 0) is 4.74 Å². The molecule has 1 fully saturated rings. The lowest BCUT2D eigenvalue weighted by atomic mass is 10.1. The predicted molar refractivity (Wildman–Crippen MR) is 75.0 cm³/mol. The molecule has 2 aromatic heterocycles. The van der Waals surface area contributed by atoms with E-state index in [0.717, 1.165) is 0 Å². The Labute approximate surface area is 128 Å². The van der Waals surface area contributed by atoms with Crippen LogP contribution < -0.4 is 5.73 Å². The van der Waals surface area contributed by atoms with E-state index in [2.05, 4.69) is 9.97 Å². The molecule has 0 amide bonds. The van der Waals surface area contributed by atoms with Gasteiger partial charge < -0.3 is 30.4 Å². The van der Waals surface area contributed by atoms with E-state index in [0.29, 0.717) is 5.39 Å². The first-order chi connectivity index (χ1) is 9.93. The third-order valence-electron chi connectivity index (χ3n) is 3.39. The Bertz CT molecular complexity index is 694. The summed E-state index contributed by atoms with van der Waals surface area (Å²) in [7, 11) is 0. The van der Waals surface area contributed by atoms with Crippen LogP contribution in [0.4, 0.5) is 5.95 Å². The summed E-state index contributed by atoms with van der Waals surface area (Å²) < 4.78 is 6.84. The average Bonchev–Trinajstić information content (AvgIpc) is 2.89. The molecule has 0 unspecified atom stereocenters. The molecular formula is C11H12Cl2N4O4. The summed E-state index contributed by atoms with van der Waals surface area (Å²) in [4.78, 5) is 7.85. The molecule has 114 valence electrons. The van der Waals surface area contributed by atoms with Gasteiger partial charge in [-0.25, -0.2) is 4.98 Å². The van der Waals surface area contributed by atoms with Gasteiger partial charge in [0.05, 0.1) is 17.0 Å². The third kappa shape index (κ3) is 2.24. The van der Waals surface area contributed by atoms with Gasteiger partial charge in [-0.15, -0.1) is 0 Å². The SMILES string of the molecule is Nc1nc(Cl)c2c(Cl)cn([C@@H]3O[C@H](CO)[C@@H](O)[C@H]3O)c2n1. The Morgan fingerprint density at radius 3 is 2.62 bits per heavy atom. The molecule has 0 bridgehead atoms. The highest BCUT2D eigenvalue weighted by Crippen LogP contribution is 2.37. The lowest BCUT2D eigenvalue weighted by Crippen LogP contribution is -2.33. The summed E-state index contributed by atoms with van der Waals surface area (Å²) in [6.45, 7) is -0.431. The highest BCUT2D eigenvalue weighted by atomic mass is 35.5. The fraction of sp³-hybridized carbons (Fsp3) is 0.455. The van der Waals surface area contributed by atoms with Gasteiger partial charge in [0, 0.05) is 6.20 Å². The number of rotatable bonds is 2. The molecule has 21 heavy (non-hydrogen) atoms. The maximum Gasteiger partial charge on any atom is 0.223 e. The van der Waals surface area contributed by atoms with E-state index < -0.39 is 31.1 Å². The van der Waals surface area contributed by atoms with Gasteiger partial charge in [-0.05, 0) is 0 Å². The van der Waals surface area contributed by atoms with E-state index in [1.807, 2.05) is 0 Å². The van der Waals surface area contributed by atoms with Crippen LogP contribution in [0.25, 0.3) is 11.0 Å². The highest BCUT2D eigenvalue weighted by molar-refractivity contribution is 6.41. The van der Waals surface area contributed by atoms with Crippen LogP contribution in [0.1, 0.15) is 6.23 Å². The number of ether oxygens (including phenoxy) is 1. The Morgan fingerprint density at radius 2 is 2.00 bits per heavy atom. The van der Waals surface area contributed by atoms with Crippen molar-refractivity contribution in [2.45, 2.75) is 24.5 Å². The van der Waals surface area contributed by atoms with Gasteiger partial charge in [0.2, 0.25) is 5.95 Å². The lowest BCUT2D eigenvalue weighted by Gasteiger charge is -2.17. The predicted octanol–water partition coefficient (Wildman–Crippen LogP) is -0.0682. The molecule has 1 saturated heterocycles. The second-order valence-corrected chi connectivity index (χ2v) is 5.45. The third-order valence-corrected chi connectivity index (χ3v) is 3.95. The zero-order valence-electron chi connectivity index (χ0n) is 10.5. The molecule has 3 rings (SSSR count). The first-order valence-electron chi connectivity index (χ1n) is 6.05. The van der Waals surface area contributed by atoms with Crippen LogP contribution in [0.5, 0.6) is 0 Å². The molecule has 10 heteroatoms. The van der Waals surface area contributed by atoms with E-state index in [1.54, 1.807) is 0 Å². The van der Waals surface area contributed by atoms with E-state index in [1.165, 1.54) is 10.8 Å². The fourth-order valence-corrected chi connectivity index (χ4v) is 2.98. The molecule has 1 aliphatic heterocycles. The maximum absolute atomic E-state index is 10.1. The number of aromatic nitrogens is 3. The quantitative estimate of drug-likeness (QED) is 0.566. The Kier molecular flexibility index (Phi) is 3.68. The Morgan fingerprint density at radius 1 is 1.29 bits per heavy atom. The zero-order chi connectivity index (χ0) is 15.3. The van der Waals surface area contributed by atoms with Crippen LogP contribution in [-0.4, -0.2) is 54.8 Å². The summed E-state index contributed by atoms with van der Waals surface area (Å²) in [5.74, 6) is -0.0599. The molecule has 0 aromatic carbocycles. The number of fused-ring (bicyclic) bond motifs is 1. The molecule has 5 N–H and O–H groups in total. The van der Waals surface area contributed by atoms with E-state index >= 15 is 0 Å². The lowest BCUT2D eigenvalue weighted by molar-refractivity contribution is -0.0508. The topological polar surface area (TPSA) is 127 Å². The molecule has 2 aromatic rings. The smallest absolute Gasteiger partial charge is 0.223 e. The van der Waals surface area contributed by atoms with Crippen molar-refractivity contribution in [1.82, 2.24) is 14.5 Å². The number of nitrogen functional groups attached to an aromatic ring is 1. The second kappa shape index (κ2) is 5.24. The molecule has 3 heterocycles. The average molecular weight is 335 g/mol. The van der Waals surface area contributed by atoms with Crippen molar-refractivity contribution in [2.24, 2.45) is 0 Å². The fourth-order valence-electron chi connectivity index (χ4n) is 2.38. The molecule has 0 radical (unpaired) electrons. The van der Waals surface area contributed by atoms with Crippen molar-refractivity contribution in [1.29, 1.82) is 0 Å². The normalized spacial score (nSPS) is 29.4. The van der Waals surface area contributed by atoms with Crippen molar-refractivity contribution in [2.75, 3.05) is 12.3 Å². The molecule has 1 aliphatic rings. The van der Waals surface area contributed by atoms with Gasteiger partial charge in [0.1, 0.15) is 23.5 Å². The molecule has 8 nitrogen and oxygen atoms in total. The molecule has 0 spiro atoms. The maximum atomic E-state index is 10.1. The van der Waals surface area contributed by atoms with Crippen molar-refractivity contribution in [3.8, 4) is 0 Å². The number of anilines is 1. The van der Waals surface area contributed by atoms with Crippen LogP contribution in [0, 0.1) is 0 Å². The van der Waals surface area contributed by atoms with Crippen LogP contribution in [0.3, 0.4) is 0 Å². The number of aliphatic hydroxyl groups excluding tert-OH is 3. The molecule has 4 atom stereocenters. The number of aliphatic hydroxyl groups is 3. The van der Waals surface area contributed by atoms with Gasteiger partial charge in [0.25, 0.3) is 0 Å². The number of hydrogen-bond acceptors (Lipinski definition) is 7. The van der Waals surface area contributed by atoms with Gasteiger partial charge in [-0.3, -0.25) is 0 Å². The Balaban J connectivity index is 2.13. The monoisotopic (exact) mass is 334 g/mol. The summed E-state index contributed by atoms with van der Waals surface area (Å²) >= 11 is 12.1. The second-order valence-electron chi connectivity index (χ2n) is 4.68. The molecular weight excluding hydrogens is 323 g/mol. The summed E-state index contributed by atoms with van der Waals surface area (Å²) in [6, 6.07) is 0. The first kappa shape index (κ1) is 14.8. The standard InChI is InChI=1S/C11H12Cl2N4O4/c12-3-1-17(9-5(3)8(13)15-11(14)16-9)10-7(20)6(19)4(2-18)21-10/h1,4,6-7,10,18-20H,2H2,(H2,14,15,16)/t4-,6-,7-,10-/m1/s1. The van der Waals surface area contributed by atoms with Gasteiger partial charge in [-0.2, -0.15) is 4.98 Å². The van der Waals surface area contributed by atoms with Crippen molar-refractivity contribution in [3.05, 3.63) is 16.4 Å². The zero-order valence-corrected chi connectivity index (χ0v) is 12.0. The van der Waals surface area contributed by atoms with Crippen LogP contribution >= 0.6 is 23.2 Å². The van der Waals surface area contributed by atoms with Crippen LogP contribution in [0.2, 0.25) is 10.2 Å². The van der Waals surface area contributed by atoms with E-state index in [9.17, 15) is 10.2 Å². The first-order valence-corrected chi connectivity index (χ1v) is 6.81.